The number of rotatable bonds is 7. The second-order valence-corrected chi connectivity index (χ2v) is 7.53. The molecular weight excluding hydrogens is 326 g/mol. The second kappa shape index (κ2) is 7.30. The summed E-state index contributed by atoms with van der Waals surface area (Å²) in [7, 11) is 0. The second-order valence-electron chi connectivity index (χ2n) is 7.53. The summed E-state index contributed by atoms with van der Waals surface area (Å²) in [6, 6.07) is 15.5. The van der Waals surface area contributed by atoms with Crippen LogP contribution in [0.3, 0.4) is 0 Å². The SMILES string of the molecule is CC1(C)CC1C(=O)Nc1ccc(C(CN)c2ccc(NC=O)cc2)cc1. The van der Waals surface area contributed by atoms with Crippen LogP contribution < -0.4 is 16.4 Å². The summed E-state index contributed by atoms with van der Waals surface area (Å²) in [5, 5.41) is 5.62. The van der Waals surface area contributed by atoms with Gasteiger partial charge in [0, 0.05) is 29.8 Å². The molecule has 3 rings (SSSR count). The number of amides is 2. The van der Waals surface area contributed by atoms with Gasteiger partial charge in [-0.1, -0.05) is 38.1 Å². The molecule has 0 bridgehead atoms. The third kappa shape index (κ3) is 3.94. The number of carbonyl (C=O) groups excluding carboxylic acids is 2. The molecule has 0 aromatic heterocycles. The van der Waals surface area contributed by atoms with Crippen LogP contribution in [0.2, 0.25) is 0 Å². The van der Waals surface area contributed by atoms with Crippen molar-refractivity contribution in [2.75, 3.05) is 17.2 Å². The van der Waals surface area contributed by atoms with Gasteiger partial charge in [-0.15, -0.1) is 0 Å². The Labute approximate surface area is 154 Å². The van der Waals surface area contributed by atoms with Crippen molar-refractivity contribution in [1.82, 2.24) is 0 Å². The van der Waals surface area contributed by atoms with Crippen molar-refractivity contribution in [2.24, 2.45) is 17.1 Å². The van der Waals surface area contributed by atoms with Gasteiger partial charge >= 0.3 is 0 Å². The predicted molar refractivity (Wildman–Crippen MR) is 104 cm³/mol. The molecule has 0 aliphatic heterocycles. The van der Waals surface area contributed by atoms with E-state index in [1.54, 1.807) is 0 Å². The quantitative estimate of drug-likeness (QED) is 0.669. The zero-order valence-corrected chi connectivity index (χ0v) is 15.2. The number of anilines is 2. The Kier molecular flexibility index (Phi) is 5.09. The number of nitrogens with two attached hydrogens (primary N) is 1. The van der Waals surface area contributed by atoms with Crippen molar-refractivity contribution < 1.29 is 9.59 Å². The van der Waals surface area contributed by atoms with Gasteiger partial charge in [0.1, 0.15) is 0 Å². The van der Waals surface area contributed by atoms with Crippen LogP contribution in [0.25, 0.3) is 0 Å². The number of hydrogen-bond donors (Lipinski definition) is 3. The first-order valence-corrected chi connectivity index (χ1v) is 8.85. The fraction of sp³-hybridized carbons (Fsp3) is 0.333. The van der Waals surface area contributed by atoms with Crippen molar-refractivity contribution in [3.8, 4) is 0 Å². The summed E-state index contributed by atoms with van der Waals surface area (Å²) in [5.41, 5.74) is 9.85. The first kappa shape index (κ1) is 18.1. The highest BCUT2D eigenvalue weighted by molar-refractivity contribution is 5.95. The van der Waals surface area contributed by atoms with Gasteiger partial charge in [-0.3, -0.25) is 9.59 Å². The summed E-state index contributed by atoms with van der Waals surface area (Å²) in [4.78, 5) is 22.7. The third-order valence-corrected chi connectivity index (χ3v) is 5.18. The van der Waals surface area contributed by atoms with E-state index >= 15 is 0 Å². The molecule has 2 aromatic carbocycles. The van der Waals surface area contributed by atoms with Crippen LogP contribution >= 0.6 is 0 Å². The monoisotopic (exact) mass is 351 g/mol. The van der Waals surface area contributed by atoms with Crippen LogP contribution in [0.1, 0.15) is 37.3 Å². The molecule has 0 spiro atoms. The van der Waals surface area contributed by atoms with E-state index in [1.807, 2.05) is 48.5 Å². The zero-order valence-electron chi connectivity index (χ0n) is 15.2. The van der Waals surface area contributed by atoms with Crippen LogP contribution in [0, 0.1) is 11.3 Å². The number of hydrogen-bond acceptors (Lipinski definition) is 3. The summed E-state index contributed by atoms with van der Waals surface area (Å²) < 4.78 is 0. The molecule has 0 radical (unpaired) electrons. The van der Waals surface area contributed by atoms with Gasteiger partial charge < -0.3 is 16.4 Å². The zero-order chi connectivity index (χ0) is 18.7. The van der Waals surface area contributed by atoms with Crippen molar-refractivity contribution >= 4 is 23.7 Å². The van der Waals surface area contributed by atoms with E-state index in [-0.39, 0.29) is 23.2 Å². The van der Waals surface area contributed by atoms with E-state index < -0.39 is 0 Å². The minimum Gasteiger partial charge on any atom is -0.330 e. The highest BCUT2D eigenvalue weighted by atomic mass is 16.2. The summed E-state index contributed by atoms with van der Waals surface area (Å²) in [6.45, 7) is 4.70. The first-order chi connectivity index (χ1) is 12.4. The molecule has 2 atom stereocenters. The lowest BCUT2D eigenvalue weighted by molar-refractivity contribution is -0.118. The Morgan fingerprint density at radius 1 is 1.12 bits per heavy atom. The number of benzene rings is 2. The lowest BCUT2D eigenvalue weighted by atomic mass is 9.91. The summed E-state index contributed by atoms with van der Waals surface area (Å²) in [5.74, 6) is 0.265. The highest BCUT2D eigenvalue weighted by Crippen LogP contribution is 2.52. The van der Waals surface area contributed by atoms with Crippen LogP contribution in [-0.4, -0.2) is 18.9 Å². The molecule has 2 amide bonds. The molecular formula is C21H25N3O2. The van der Waals surface area contributed by atoms with Gasteiger partial charge in [-0.05, 0) is 47.2 Å². The largest absolute Gasteiger partial charge is 0.330 e. The predicted octanol–water partition coefficient (Wildman–Crippen LogP) is 3.33. The Morgan fingerprint density at radius 2 is 1.62 bits per heavy atom. The minimum atomic E-state index is 0.0624. The lowest BCUT2D eigenvalue weighted by Gasteiger charge is -2.17. The fourth-order valence-electron chi connectivity index (χ4n) is 3.29. The number of nitrogens with one attached hydrogen (secondary N) is 2. The summed E-state index contributed by atoms with van der Waals surface area (Å²) in [6.07, 6.45) is 1.60. The molecule has 5 nitrogen and oxygen atoms in total. The highest BCUT2D eigenvalue weighted by Gasteiger charge is 2.50. The van der Waals surface area contributed by atoms with Crippen molar-refractivity contribution in [3.63, 3.8) is 0 Å². The van der Waals surface area contributed by atoms with E-state index in [0.29, 0.717) is 13.0 Å². The lowest BCUT2D eigenvalue weighted by Crippen LogP contribution is -2.17. The molecule has 0 saturated heterocycles. The van der Waals surface area contributed by atoms with Gasteiger partial charge in [0.15, 0.2) is 0 Å². The van der Waals surface area contributed by atoms with Crippen LogP contribution in [0.5, 0.6) is 0 Å². The van der Waals surface area contributed by atoms with Crippen LogP contribution in [0.15, 0.2) is 48.5 Å². The molecule has 2 unspecified atom stereocenters. The molecule has 4 N–H and O–H groups in total. The first-order valence-electron chi connectivity index (χ1n) is 8.85. The molecule has 0 heterocycles. The van der Waals surface area contributed by atoms with E-state index in [9.17, 15) is 9.59 Å². The van der Waals surface area contributed by atoms with Gasteiger partial charge in [0.25, 0.3) is 0 Å². The van der Waals surface area contributed by atoms with Crippen LogP contribution in [0.4, 0.5) is 11.4 Å². The van der Waals surface area contributed by atoms with E-state index in [1.165, 1.54) is 0 Å². The molecule has 26 heavy (non-hydrogen) atoms. The standard InChI is InChI=1S/C21H25N3O2/c1-21(2)11-19(21)20(26)24-17-9-5-15(6-10-17)18(12-22)14-3-7-16(8-4-14)23-13-25/h3-10,13,18-19H,11-12,22H2,1-2H3,(H,23,25)(H,24,26). The fourth-order valence-corrected chi connectivity index (χ4v) is 3.29. The third-order valence-electron chi connectivity index (χ3n) is 5.18. The van der Waals surface area contributed by atoms with Gasteiger partial charge in [-0.25, -0.2) is 0 Å². The Hall–Kier alpha value is -2.66. The smallest absolute Gasteiger partial charge is 0.228 e. The molecule has 2 aromatic rings. The van der Waals surface area contributed by atoms with E-state index in [4.69, 9.17) is 5.73 Å². The topological polar surface area (TPSA) is 84.2 Å². The van der Waals surface area contributed by atoms with E-state index in [2.05, 4.69) is 24.5 Å². The van der Waals surface area contributed by atoms with Crippen molar-refractivity contribution in [2.45, 2.75) is 26.2 Å². The van der Waals surface area contributed by atoms with Gasteiger partial charge in [0.2, 0.25) is 12.3 Å². The molecule has 1 aliphatic carbocycles. The average Bonchev–Trinajstić information content (AvgIpc) is 3.27. The molecule has 5 heteroatoms. The Morgan fingerprint density at radius 3 is 2.04 bits per heavy atom. The summed E-state index contributed by atoms with van der Waals surface area (Å²) >= 11 is 0. The maximum absolute atomic E-state index is 12.2. The minimum absolute atomic E-state index is 0.0624. The van der Waals surface area contributed by atoms with Crippen molar-refractivity contribution in [1.29, 1.82) is 0 Å². The normalized spacial score (nSPS) is 18.7. The maximum atomic E-state index is 12.2. The van der Waals surface area contributed by atoms with Crippen molar-refractivity contribution in [3.05, 3.63) is 59.7 Å². The van der Waals surface area contributed by atoms with E-state index in [0.717, 1.165) is 28.9 Å². The maximum Gasteiger partial charge on any atom is 0.228 e. The van der Waals surface area contributed by atoms with Gasteiger partial charge in [-0.2, -0.15) is 0 Å². The molecule has 1 fully saturated rings. The Bertz CT molecular complexity index is 782. The molecule has 1 aliphatic rings. The molecule has 136 valence electrons. The number of carbonyl (C=O) groups is 2. The average molecular weight is 351 g/mol. The van der Waals surface area contributed by atoms with Gasteiger partial charge in [0.05, 0.1) is 0 Å². The Balaban J connectivity index is 1.69. The molecule has 1 saturated carbocycles. The van der Waals surface area contributed by atoms with Crippen LogP contribution in [-0.2, 0) is 9.59 Å².